The molecule has 0 saturated carbocycles. The van der Waals surface area contributed by atoms with Crippen LogP contribution in [0.2, 0.25) is 0 Å². The van der Waals surface area contributed by atoms with Gasteiger partial charge in [-0.3, -0.25) is 9.69 Å². The number of hydrogen-bond donors (Lipinski definition) is 1. The molecule has 2 bridgehead atoms. The molecule has 78 valence electrons. The first-order chi connectivity index (χ1) is 6.68. The van der Waals surface area contributed by atoms with Gasteiger partial charge < -0.3 is 5.32 Å². The van der Waals surface area contributed by atoms with Crippen molar-refractivity contribution in [1.82, 2.24) is 10.2 Å². The first-order valence-electron chi connectivity index (χ1n) is 5.35. The summed E-state index contributed by atoms with van der Waals surface area (Å²) < 4.78 is 0. The second-order valence-electron chi connectivity index (χ2n) is 4.47. The molecule has 14 heavy (non-hydrogen) atoms. The number of allylic oxidation sites excluding steroid dienone is 1. The van der Waals surface area contributed by atoms with Crippen molar-refractivity contribution >= 4 is 5.91 Å². The van der Waals surface area contributed by atoms with E-state index in [-0.39, 0.29) is 11.9 Å². The Balaban J connectivity index is 2.04. The van der Waals surface area contributed by atoms with Gasteiger partial charge in [-0.25, -0.2) is 0 Å². The molecule has 2 rings (SSSR count). The summed E-state index contributed by atoms with van der Waals surface area (Å²) in [4.78, 5) is 13.9. The number of nitrogens with zero attached hydrogens (tertiary/aromatic N) is 1. The highest BCUT2D eigenvalue weighted by Gasteiger charge is 2.40. The normalized spacial score (nSPS) is 31.4. The highest BCUT2D eigenvalue weighted by Crippen LogP contribution is 2.26. The molecule has 2 saturated heterocycles. The van der Waals surface area contributed by atoms with Crippen LogP contribution < -0.4 is 5.32 Å². The van der Waals surface area contributed by atoms with Crippen molar-refractivity contribution in [3.63, 3.8) is 0 Å². The molecule has 3 heteroatoms. The number of fused-ring (bicyclic) bond motifs is 2. The van der Waals surface area contributed by atoms with Crippen LogP contribution in [0.15, 0.2) is 11.6 Å². The molecule has 0 spiro atoms. The predicted molar refractivity (Wildman–Crippen MR) is 56.0 cm³/mol. The van der Waals surface area contributed by atoms with Crippen LogP contribution in [-0.2, 0) is 4.79 Å². The number of rotatable bonds is 2. The molecule has 3 nitrogen and oxygen atoms in total. The third-order valence-corrected chi connectivity index (χ3v) is 3.17. The summed E-state index contributed by atoms with van der Waals surface area (Å²) in [6, 6.07) is 0.720. The molecule has 1 amide bonds. The van der Waals surface area contributed by atoms with Crippen LogP contribution in [0.4, 0.5) is 0 Å². The van der Waals surface area contributed by atoms with Gasteiger partial charge in [0.15, 0.2) is 0 Å². The van der Waals surface area contributed by atoms with Gasteiger partial charge in [0.05, 0.1) is 6.04 Å². The van der Waals surface area contributed by atoms with Gasteiger partial charge in [-0.1, -0.05) is 11.6 Å². The van der Waals surface area contributed by atoms with Crippen LogP contribution in [-0.4, -0.2) is 36.0 Å². The lowest BCUT2D eigenvalue weighted by Gasteiger charge is -2.33. The summed E-state index contributed by atoms with van der Waals surface area (Å²) in [6.07, 6.45) is 4.41. The summed E-state index contributed by atoms with van der Waals surface area (Å²) in [5.74, 6) is 0.223. The number of hydrogen-bond acceptors (Lipinski definition) is 2. The van der Waals surface area contributed by atoms with Gasteiger partial charge in [0, 0.05) is 19.1 Å². The number of piperazine rings is 1. The zero-order valence-electron chi connectivity index (χ0n) is 8.92. The molecule has 0 aromatic rings. The third-order valence-electron chi connectivity index (χ3n) is 3.17. The summed E-state index contributed by atoms with van der Waals surface area (Å²) in [6.45, 7) is 5.98. The van der Waals surface area contributed by atoms with Crippen molar-refractivity contribution in [2.45, 2.75) is 38.8 Å². The standard InChI is InChI=1S/C11H18N2O/c1-8(2)5-6-13-9-3-4-10(13)11(14)12-7-9/h5,9-10H,3-4,6-7H2,1-2H3,(H,12,14). The van der Waals surface area contributed by atoms with E-state index >= 15 is 0 Å². The van der Waals surface area contributed by atoms with Gasteiger partial charge >= 0.3 is 0 Å². The van der Waals surface area contributed by atoms with Crippen molar-refractivity contribution in [1.29, 1.82) is 0 Å². The zero-order chi connectivity index (χ0) is 10.1. The second kappa shape index (κ2) is 3.73. The van der Waals surface area contributed by atoms with Crippen molar-refractivity contribution in [3.05, 3.63) is 11.6 Å². The molecule has 0 aliphatic carbocycles. The lowest BCUT2D eigenvalue weighted by molar-refractivity contribution is -0.128. The fraction of sp³-hybridized carbons (Fsp3) is 0.727. The molecular weight excluding hydrogens is 176 g/mol. The summed E-state index contributed by atoms with van der Waals surface area (Å²) >= 11 is 0. The highest BCUT2D eigenvalue weighted by atomic mass is 16.2. The topological polar surface area (TPSA) is 32.3 Å². The Hall–Kier alpha value is -0.830. The fourth-order valence-electron chi connectivity index (χ4n) is 2.34. The van der Waals surface area contributed by atoms with Crippen LogP contribution in [0.3, 0.4) is 0 Å². The Bertz CT molecular complexity index is 268. The third kappa shape index (κ3) is 1.69. The average molecular weight is 194 g/mol. The molecular formula is C11H18N2O. The number of carbonyl (C=O) groups is 1. The maximum Gasteiger partial charge on any atom is 0.237 e. The van der Waals surface area contributed by atoms with Crippen molar-refractivity contribution in [2.75, 3.05) is 13.1 Å². The molecule has 1 N–H and O–H groups in total. The van der Waals surface area contributed by atoms with Crippen LogP contribution in [0.5, 0.6) is 0 Å². The molecule has 2 aliphatic rings. The van der Waals surface area contributed by atoms with Gasteiger partial charge in [0.25, 0.3) is 0 Å². The Morgan fingerprint density at radius 2 is 2.36 bits per heavy atom. The lowest BCUT2D eigenvalue weighted by Crippen LogP contribution is -2.55. The molecule has 2 aliphatic heterocycles. The van der Waals surface area contributed by atoms with Gasteiger partial charge in [-0.2, -0.15) is 0 Å². The maximum atomic E-state index is 11.5. The van der Waals surface area contributed by atoms with Gasteiger partial charge in [-0.05, 0) is 26.7 Å². The van der Waals surface area contributed by atoms with Gasteiger partial charge in [-0.15, -0.1) is 0 Å². The van der Waals surface area contributed by atoms with E-state index < -0.39 is 0 Å². The van der Waals surface area contributed by atoms with E-state index in [1.165, 1.54) is 12.0 Å². The summed E-state index contributed by atoms with van der Waals surface area (Å²) in [5, 5.41) is 2.96. The molecule has 2 heterocycles. The molecule has 2 atom stereocenters. The van der Waals surface area contributed by atoms with Gasteiger partial charge in [0.1, 0.15) is 0 Å². The molecule has 0 aromatic heterocycles. The minimum absolute atomic E-state index is 0.143. The maximum absolute atomic E-state index is 11.5. The van der Waals surface area contributed by atoms with Crippen molar-refractivity contribution in [2.24, 2.45) is 0 Å². The minimum atomic E-state index is 0.143. The summed E-state index contributed by atoms with van der Waals surface area (Å²) in [7, 11) is 0. The fourth-order valence-corrected chi connectivity index (χ4v) is 2.34. The van der Waals surface area contributed by atoms with Gasteiger partial charge in [0.2, 0.25) is 5.91 Å². The number of carbonyl (C=O) groups excluding carboxylic acids is 1. The molecule has 2 unspecified atom stereocenters. The Morgan fingerprint density at radius 1 is 1.57 bits per heavy atom. The average Bonchev–Trinajstić information content (AvgIpc) is 2.44. The monoisotopic (exact) mass is 194 g/mol. The highest BCUT2D eigenvalue weighted by molar-refractivity contribution is 5.83. The van der Waals surface area contributed by atoms with Crippen LogP contribution in [0.25, 0.3) is 0 Å². The summed E-state index contributed by atoms with van der Waals surface area (Å²) in [5.41, 5.74) is 1.33. The SMILES string of the molecule is CC(C)=CCN1C2CCC1C(=O)NC2. The van der Waals surface area contributed by atoms with E-state index in [4.69, 9.17) is 0 Å². The first kappa shape index (κ1) is 9.71. The number of amides is 1. The molecule has 2 fully saturated rings. The molecule has 0 radical (unpaired) electrons. The lowest BCUT2D eigenvalue weighted by atomic mass is 10.2. The smallest absolute Gasteiger partial charge is 0.237 e. The van der Waals surface area contributed by atoms with E-state index in [0.29, 0.717) is 6.04 Å². The quantitative estimate of drug-likeness (QED) is 0.663. The first-order valence-corrected chi connectivity index (χ1v) is 5.35. The Kier molecular flexibility index (Phi) is 2.59. The van der Waals surface area contributed by atoms with Crippen LogP contribution in [0, 0.1) is 0 Å². The van der Waals surface area contributed by atoms with Crippen LogP contribution >= 0.6 is 0 Å². The van der Waals surface area contributed by atoms with E-state index in [9.17, 15) is 4.79 Å². The van der Waals surface area contributed by atoms with E-state index in [1.807, 2.05) is 0 Å². The second-order valence-corrected chi connectivity index (χ2v) is 4.47. The minimum Gasteiger partial charge on any atom is -0.353 e. The van der Waals surface area contributed by atoms with Crippen LogP contribution in [0.1, 0.15) is 26.7 Å². The van der Waals surface area contributed by atoms with E-state index in [2.05, 4.69) is 30.1 Å². The van der Waals surface area contributed by atoms with Crippen molar-refractivity contribution in [3.8, 4) is 0 Å². The van der Waals surface area contributed by atoms with E-state index in [1.54, 1.807) is 0 Å². The largest absolute Gasteiger partial charge is 0.353 e. The van der Waals surface area contributed by atoms with Crippen molar-refractivity contribution < 1.29 is 4.79 Å². The Labute approximate surface area is 85.2 Å². The molecule has 0 aromatic carbocycles. The number of nitrogens with one attached hydrogen (secondary N) is 1. The predicted octanol–water partition coefficient (Wildman–Crippen LogP) is 0.915. The zero-order valence-corrected chi connectivity index (χ0v) is 8.92. The van der Waals surface area contributed by atoms with E-state index in [0.717, 1.165) is 19.5 Å². The Morgan fingerprint density at radius 3 is 3.07 bits per heavy atom.